The first-order valence-corrected chi connectivity index (χ1v) is 6.59. The van der Waals surface area contributed by atoms with Crippen molar-refractivity contribution < 1.29 is 4.74 Å². The van der Waals surface area contributed by atoms with Gasteiger partial charge >= 0.3 is 0 Å². The van der Waals surface area contributed by atoms with Crippen molar-refractivity contribution in [3.8, 4) is 5.88 Å². The lowest BCUT2D eigenvalue weighted by Gasteiger charge is -2.06. The molecule has 96 valence electrons. The minimum absolute atomic E-state index is 0.640. The fraction of sp³-hybridized carbons (Fsp3) is 0.643. The first-order valence-electron chi connectivity index (χ1n) is 6.59. The third-order valence-corrected chi connectivity index (χ3v) is 2.87. The van der Waals surface area contributed by atoms with Gasteiger partial charge in [0.05, 0.1) is 6.61 Å². The summed E-state index contributed by atoms with van der Waals surface area (Å²) in [5.74, 6) is 0.640. The third-order valence-electron chi connectivity index (χ3n) is 2.87. The van der Waals surface area contributed by atoms with Crippen LogP contribution < -0.4 is 10.5 Å². The number of hydrogen-bond acceptors (Lipinski definition) is 3. The summed E-state index contributed by atoms with van der Waals surface area (Å²) in [6.07, 6.45) is 9.37. The second kappa shape index (κ2) is 7.93. The quantitative estimate of drug-likeness (QED) is 0.700. The minimum atomic E-state index is 0.640. The Bertz CT molecular complexity index is 326. The van der Waals surface area contributed by atoms with Crippen molar-refractivity contribution in [3.05, 3.63) is 17.8 Å². The van der Waals surface area contributed by atoms with Crippen LogP contribution >= 0.6 is 0 Å². The van der Waals surface area contributed by atoms with Gasteiger partial charge in [-0.05, 0) is 18.9 Å². The van der Waals surface area contributed by atoms with Crippen molar-refractivity contribution >= 4 is 5.69 Å². The van der Waals surface area contributed by atoms with E-state index in [4.69, 9.17) is 10.5 Å². The molecule has 1 rings (SSSR count). The lowest BCUT2D eigenvalue weighted by atomic mass is 10.1. The molecule has 3 nitrogen and oxygen atoms in total. The van der Waals surface area contributed by atoms with Gasteiger partial charge in [0.2, 0.25) is 5.88 Å². The predicted octanol–water partition coefficient (Wildman–Crippen LogP) is 3.71. The highest BCUT2D eigenvalue weighted by atomic mass is 16.5. The molecule has 0 aliphatic heterocycles. The lowest BCUT2D eigenvalue weighted by molar-refractivity contribution is 0.293. The maximum atomic E-state index is 5.79. The first-order chi connectivity index (χ1) is 8.24. The number of aryl methyl sites for hydroxylation is 1. The van der Waals surface area contributed by atoms with Crippen molar-refractivity contribution in [2.24, 2.45) is 0 Å². The Morgan fingerprint density at radius 1 is 1.18 bits per heavy atom. The van der Waals surface area contributed by atoms with Crippen LogP contribution in [0.2, 0.25) is 0 Å². The standard InChI is InChI=1S/C14H24N2O/c1-3-4-5-6-7-8-9-17-14-10-13(15)12(2)11-16-14/h10-11H,3-9H2,1-2H3,(H2,15,16). The Morgan fingerprint density at radius 2 is 1.88 bits per heavy atom. The topological polar surface area (TPSA) is 48.1 Å². The second-order valence-corrected chi connectivity index (χ2v) is 4.50. The van der Waals surface area contributed by atoms with Crippen LogP contribution in [0, 0.1) is 6.92 Å². The van der Waals surface area contributed by atoms with Crippen LogP contribution in [-0.2, 0) is 0 Å². The Kier molecular flexibility index (Phi) is 6.45. The third kappa shape index (κ3) is 5.57. The predicted molar refractivity (Wildman–Crippen MR) is 72.3 cm³/mol. The van der Waals surface area contributed by atoms with Gasteiger partial charge in [0.15, 0.2) is 0 Å². The molecular formula is C14H24N2O. The Balaban J connectivity index is 2.11. The molecule has 3 heteroatoms. The molecule has 2 N–H and O–H groups in total. The number of pyridine rings is 1. The van der Waals surface area contributed by atoms with Crippen molar-refractivity contribution in [1.29, 1.82) is 0 Å². The summed E-state index contributed by atoms with van der Waals surface area (Å²) >= 11 is 0. The van der Waals surface area contributed by atoms with Gasteiger partial charge in [-0.2, -0.15) is 0 Å². The molecule has 0 atom stereocenters. The zero-order chi connectivity index (χ0) is 12.5. The Morgan fingerprint density at radius 3 is 2.59 bits per heavy atom. The van der Waals surface area contributed by atoms with Crippen LogP contribution in [0.4, 0.5) is 5.69 Å². The maximum Gasteiger partial charge on any atom is 0.215 e. The van der Waals surface area contributed by atoms with Crippen molar-refractivity contribution in [2.45, 2.75) is 52.4 Å². The van der Waals surface area contributed by atoms with Crippen LogP contribution in [0.3, 0.4) is 0 Å². The number of ether oxygens (including phenoxy) is 1. The molecule has 0 amide bonds. The van der Waals surface area contributed by atoms with E-state index in [1.165, 1.54) is 32.1 Å². The van der Waals surface area contributed by atoms with E-state index in [1.54, 1.807) is 12.3 Å². The van der Waals surface area contributed by atoms with E-state index < -0.39 is 0 Å². The molecule has 1 heterocycles. The van der Waals surface area contributed by atoms with Crippen LogP contribution in [0.25, 0.3) is 0 Å². The van der Waals surface area contributed by atoms with Gasteiger partial charge in [-0.15, -0.1) is 0 Å². The molecular weight excluding hydrogens is 212 g/mol. The average molecular weight is 236 g/mol. The number of nitrogens with zero attached hydrogens (tertiary/aromatic N) is 1. The number of aromatic nitrogens is 1. The summed E-state index contributed by atoms with van der Waals surface area (Å²) in [5.41, 5.74) is 7.53. The van der Waals surface area contributed by atoms with Gasteiger partial charge in [-0.3, -0.25) is 0 Å². The molecule has 0 fully saturated rings. The Labute approximate surface area is 104 Å². The van der Waals surface area contributed by atoms with E-state index in [9.17, 15) is 0 Å². The fourth-order valence-corrected chi connectivity index (χ4v) is 1.66. The summed E-state index contributed by atoms with van der Waals surface area (Å²) in [5, 5.41) is 0. The number of unbranched alkanes of at least 4 members (excludes halogenated alkanes) is 5. The smallest absolute Gasteiger partial charge is 0.215 e. The molecule has 0 unspecified atom stereocenters. The van der Waals surface area contributed by atoms with Gasteiger partial charge in [0.1, 0.15) is 0 Å². The SMILES string of the molecule is CCCCCCCCOc1cc(N)c(C)cn1. The van der Waals surface area contributed by atoms with E-state index in [-0.39, 0.29) is 0 Å². The molecule has 0 radical (unpaired) electrons. The lowest BCUT2D eigenvalue weighted by Crippen LogP contribution is -2.00. The molecule has 0 saturated heterocycles. The number of rotatable bonds is 8. The van der Waals surface area contributed by atoms with Crippen LogP contribution in [0.15, 0.2) is 12.3 Å². The monoisotopic (exact) mass is 236 g/mol. The molecule has 0 aliphatic carbocycles. The summed E-state index contributed by atoms with van der Waals surface area (Å²) in [6.45, 7) is 4.91. The molecule has 1 aromatic heterocycles. The average Bonchev–Trinajstić information content (AvgIpc) is 2.32. The summed E-state index contributed by atoms with van der Waals surface area (Å²) in [6, 6.07) is 1.80. The Hall–Kier alpha value is -1.25. The molecule has 0 aliphatic rings. The van der Waals surface area contributed by atoms with Crippen LogP contribution in [0.5, 0.6) is 5.88 Å². The summed E-state index contributed by atoms with van der Waals surface area (Å²) in [4.78, 5) is 4.18. The zero-order valence-electron chi connectivity index (χ0n) is 11.0. The van der Waals surface area contributed by atoms with Gasteiger partial charge in [-0.25, -0.2) is 4.98 Å². The highest BCUT2D eigenvalue weighted by Gasteiger charge is 1.99. The molecule has 17 heavy (non-hydrogen) atoms. The highest BCUT2D eigenvalue weighted by Crippen LogP contribution is 2.15. The normalized spacial score (nSPS) is 10.5. The van der Waals surface area contributed by atoms with Gasteiger partial charge in [0, 0.05) is 18.0 Å². The number of anilines is 1. The van der Waals surface area contributed by atoms with E-state index >= 15 is 0 Å². The molecule has 1 aromatic rings. The van der Waals surface area contributed by atoms with Gasteiger partial charge in [0.25, 0.3) is 0 Å². The second-order valence-electron chi connectivity index (χ2n) is 4.50. The zero-order valence-corrected chi connectivity index (χ0v) is 11.0. The molecule has 0 bridgehead atoms. The largest absolute Gasteiger partial charge is 0.478 e. The van der Waals surface area contributed by atoms with Crippen molar-refractivity contribution in [2.75, 3.05) is 12.3 Å². The van der Waals surface area contributed by atoms with Crippen LogP contribution in [-0.4, -0.2) is 11.6 Å². The van der Waals surface area contributed by atoms with E-state index in [0.29, 0.717) is 5.88 Å². The number of nitrogen functional groups attached to an aromatic ring is 1. The number of hydrogen-bond donors (Lipinski definition) is 1. The maximum absolute atomic E-state index is 5.79. The highest BCUT2D eigenvalue weighted by molar-refractivity contribution is 5.46. The summed E-state index contributed by atoms with van der Waals surface area (Å²) in [7, 11) is 0. The van der Waals surface area contributed by atoms with E-state index in [0.717, 1.165) is 24.3 Å². The molecule has 0 aromatic carbocycles. The first kappa shape index (κ1) is 13.8. The molecule has 0 spiro atoms. The van der Waals surface area contributed by atoms with E-state index in [1.807, 2.05) is 6.92 Å². The van der Waals surface area contributed by atoms with Crippen molar-refractivity contribution in [3.63, 3.8) is 0 Å². The van der Waals surface area contributed by atoms with E-state index in [2.05, 4.69) is 11.9 Å². The minimum Gasteiger partial charge on any atom is -0.478 e. The fourth-order valence-electron chi connectivity index (χ4n) is 1.66. The van der Waals surface area contributed by atoms with Gasteiger partial charge < -0.3 is 10.5 Å². The molecule has 0 saturated carbocycles. The summed E-state index contributed by atoms with van der Waals surface area (Å²) < 4.78 is 5.56. The van der Waals surface area contributed by atoms with Crippen molar-refractivity contribution in [1.82, 2.24) is 4.98 Å². The van der Waals surface area contributed by atoms with Gasteiger partial charge in [-0.1, -0.05) is 39.0 Å². The number of nitrogens with two attached hydrogens (primary N) is 1. The van der Waals surface area contributed by atoms with Crippen LogP contribution in [0.1, 0.15) is 51.0 Å².